The molecule has 0 saturated heterocycles. The molecule has 0 aromatic carbocycles. The van der Waals surface area contributed by atoms with Crippen LogP contribution in [0.5, 0.6) is 0 Å². The molecule has 1 saturated carbocycles. The highest BCUT2D eigenvalue weighted by Crippen LogP contribution is 2.39. The van der Waals surface area contributed by atoms with E-state index in [1.807, 2.05) is 0 Å². The minimum Gasteiger partial charge on any atom is -0.385 e. The summed E-state index contributed by atoms with van der Waals surface area (Å²) in [5.74, 6) is 0.308. The van der Waals surface area contributed by atoms with Crippen LogP contribution in [0.1, 0.15) is 57.4 Å². The summed E-state index contributed by atoms with van der Waals surface area (Å²) in [6.07, 6.45) is 9.61. The van der Waals surface area contributed by atoms with Gasteiger partial charge in [0.15, 0.2) is 0 Å². The zero-order valence-corrected chi connectivity index (χ0v) is 11.0. The van der Waals surface area contributed by atoms with Gasteiger partial charge >= 0.3 is 0 Å². The van der Waals surface area contributed by atoms with Crippen LogP contribution in [0.25, 0.3) is 0 Å². The normalized spacial score (nSPS) is 28.9. The number of nitrogens with zero attached hydrogens (tertiary/aromatic N) is 1. The standard InChI is InChI=1S/C15H22FNO/c1-2-4-12-5-3-8-15(18,9-6-12)13-7-10-17-11-14(13)16/h7,10-12,18H,2-6,8-9H2,1H3. The third-order valence-electron chi connectivity index (χ3n) is 4.14. The molecule has 0 radical (unpaired) electrons. The summed E-state index contributed by atoms with van der Waals surface area (Å²) in [5.41, 5.74) is -0.565. The van der Waals surface area contributed by atoms with Gasteiger partial charge in [0.05, 0.1) is 11.8 Å². The van der Waals surface area contributed by atoms with E-state index >= 15 is 0 Å². The van der Waals surface area contributed by atoms with E-state index in [1.165, 1.54) is 19.0 Å². The van der Waals surface area contributed by atoms with Gasteiger partial charge in [-0.3, -0.25) is 4.98 Å². The minimum atomic E-state index is -0.991. The Morgan fingerprint density at radius 3 is 3.00 bits per heavy atom. The van der Waals surface area contributed by atoms with E-state index in [4.69, 9.17) is 0 Å². The number of hydrogen-bond donors (Lipinski definition) is 1. The van der Waals surface area contributed by atoms with Gasteiger partial charge in [0.25, 0.3) is 0 Å². The van der Waals surface area contributed by atoms with Crippen LogP contribution in [0.4, 0.5) is 4.39 Å². The van der Waals surface area contributed by atoms with E-state index < -0.39 is 5.60 Å². The van der Waals surface area contributed by atoms with Crippen LogP contribution in [0.3, 0.4) is 0 Å². The maximum atomic E-state index is 13.8. The van der Waals surface area contributed by atoms with Crippen LogP contribution >= 0.6 is 0 Å². The molecule has 3 heteroatoms. The fourth-order valence-electron chi connectivity index (χ4n) is 3.11. The molecule has 0 amide bonds. The number of aromatic nitrogens is 1. The Kier molecular flexibility index (Phi) is 4.33. The first-order valence-corrected chi connectivity index (χ1v) is 6.98. The van der Waals surface area contributed by atoms with Crippen LogP contribution in [0.15, 0.2) is 18.5 Å². The second-order valence-electron chi connectivity index (χ2n) is 5.47. The zero-order chi connectivity index (χ0) is 13.0. The Balaban J connectivity index is 2.14. The van der Waals surface area contributed by atoms with Crippen LogP contribution in [-0.4, -0.2) is 10.1 Å². The van der Waals surface area contributed by atoms with Crippen molar-refractivity contribution in [1.82, 2.24) is 4.98 Å². The molecule has 1 N–H and O–H groups in total. The van der Waals surface area contributed by atoms with Gasteiger partial charge in [-0.2, -0.15) is 0 Å². The first kappa shape index (κ1) is 13.5. The summed E-state index contributed by atoms with van der Waals surface area (Å²) in [6.45, 7) is 2.19. The minimum absolute atomic E-state index is 0.381. The average molecular weight is 251 g/mol. The largest absolute Gasteiger partial charge is 0.385 e. The second kappa shape index (κ2) is 5.79. The van der Waals surface area contributed by atoms with E-state index in [9.17, 15) is 9.50 Å². The van der Waals surface area contributed by atoms with Gasteiger partial charge in [0, 0.05) is 11.8 Å². The predicted octanol–water partition coefficient (Wildman–Crippen LogP) is 3.79. The summed E-state index contributed by atoms with van der Waals surface area (Å²) in [7, 11) is 0. The SMILES string of the molecule is CCCC1CCCC(O)(c2ccncc2F)CC1. The number of halogens is 1. The van der Waals surface area contributed by atoms with Crippen molar-refractivity contribution in [2.45, 2.75) is 57.5 Å². The van der Waals surface area contributed by atoms with E-state index in [0.717, 1.165) is 19.3 Å². The molecule has 2 nitrogen and oxygen atoms in total. The van der Waals surface area contributed by atoms with E-state index in [-0.39, 0.29) is 5.82 Å². The quantitative estimate of drug-likeness (QED) is 0.829. The van der Waals surface area contributed by atoms with Gasteiger partial charge in [0.1, 0.15) is 5.82 Å². The fourth-order valence-corrected chi connectivity index (χ4v) is 3.11. The topological polar surface area (TPSA) is 33.1 Å². The molecule has 100 valence electrons. The summed E-state index contributed by atoms with van der Waals surface area (Å²) < 4.78 is 13.8. The van der Waals surface area contributed by atoms with Crippen molar-refractivity contribution in [3.05, 3.63) is 29.8 Å². The van der Waals surface area contributed by atoms with Crippen molar-refractivity contribution in [3.8, 4) is 0 Å². The number of aliphatic hydroxyl groups is 1. The first-order chi connectivity index (χ1) is 8.65. The van der Waals surface area contributed by atoms with Crippen molar-refractivity contribution >= 4 is 0 Å². The highest BCUT2D eigenvalue weighted by Gasteiger charge is 2.34. The Morgan fingerprint density at radius 1 is 1.44 bits per heavy atom. The summed E-state index contributed by atoms with van der Waals surface area (Å²) in [4.78, 5) is 3.75. The van der Waals surface area contributed by atoms with E-state index in [1.54, 1.807) is 12.3 Å². The maximum absolute atomic E-state index is 13.8. The fraction of sp³-hybridized carbons (Fsp3) is 0.667. The highest BCUT2D eigenvalue weighted by molar-refractivity contribution is 5.21. The van der Waals surface area contributed by atoms with Gasteiger partial charge in [-0.25, -0.2) is 4.39 Å². The van der Waals surface area contributed by atoms with Gasteiger partial charge in [-0.15, -0.1) is 0 Å². The highest BCUT2D eigenvalue weighted by atomic mass is 19.1. The molecule has 1 aliphatic carbocycles. The Hall–Kier alpha value is -0.960. The molecule has 18 heavy (non-hydrogen) atoms. The first-order valence-electron chi connectivity index (χ1n) is 6.98. The van der Waals surface area contributed by atoms with Crippen molar-refractivity contribution in [1.29, 1.82) is 0 Å². The lowest BCUT2D eigenvalue weighted by Gasteiger charge is -2.27. The Morgan fingerprint density at radius 2 is 2.28 bits per heavy atom. The molecule has 1 aromatic rings. The predicted molar refractivity (Wildman–Crippen MR) is 69.6 cm³/mol. The van der Waals surface area contributed by atoms with Gasteiger partial charge in [-0.1, -0.05) is 26.2 Å². The average Bonchev–Trinajstić information content (AvgIpc) is 2.54. The molecule has 0 spiro atoms. The van der Waals surface area contributed by atoms with Gasteiger partial charge in [0.2, 0.25) is 0 Å². The zero-order valence-electron chi connectivity index (χ0n) is 11.0. The maximum Gasteiger partial charge on any atom is 0.147 e. The summed E-state index contributed by atoms with van der Waals surface area (Å²) >= 11 is 0. The smallest absolute Gasteiger partial charge is 0.147 e. The number of rotatable bonds is 3. The van der Waals surface area contributed by atoms with Gasteiger partial charge in [-0.05, 0) is 37.7 Å². The van der Waals surface area contributed by atoms with Crippen LogP contribution in [-0.2, 0) is 5.60 Å². The molecule has 0 aliphatic heterocycles. The van der Waals surface area contributed by atoms with Crippen molar-refractivity contribution in [3.63, 3.8) is 0 Å². The molecular formula is C15H22FNO. The Bertz CT molecular complexity index is 396. The van der Waals surface area contributed by atoms with Gasteiger partial charge < -0.3 is 5.11 Å². The Labute approximate surface area is 108 Å². The molecule has 1 aromatic heterocycles. The molecule has 2 unspecified atom stereocenters. The molecule has 1 heterocycles. The van der Waals surface area contributed by atoms with E-state index in [2.05, 4.69) is 11.9 Å². The molecule has 1 fully saturated rings. The van der Waals surface area contributed by atoms with Crippen LogP contribution in [0.2, 0.25) is 0 Å². The third-order valence-corrected chi connectivity index (χ3v) is 4.14. The van der Waals surface area contributed by atoms with Crippen LogP contribution in [0, 0.1) is 11.7 Å². The number of hydrogen-bond acceptors (Lipinski definition) is 2. The lowest BCUT2D eigenvalue weighted by Crippen LogP contribution is -2.26. The van der Waals surface area contributed by atoms with Crippen molar-refractivity contribution in [2.24, 2.45) is 5.92 Å². The lowest BCUT2D eigenvalue weighted by molar-refractivity contribution is 0.0160. The monoisotopic (exact) mass is 251 g/mol. The van der Waals surface area contributed by atoms with Crippen LogP contribution < -0.4 is 0 Å². The lowest BCUT2D eigenvalue weighted by atomic mass is 9.86. The summed E-state index contributed by atoms with van der Waals surface area (Å²) in [5, 5.41) is 10.7. The molecule has 2 rings (SSSR count). The summed E-state index contributed by atoms with van der Waals surface area (Å²) in [6, 6.07) is 1.62. The van der Waals surface area contributed by atoms with E-state index in [0.29, 0.717) is 24.3 Å². The van der Waals surface area contributed by atoms with Crippen molar-refractivity contribution in [2.75, 3.05) is 0 Å². The third kappa shape index (κ3) is 2.89. The molecule has 2 atom stereocenters. The number of pyridine rings is 1. The van der Waals surface area contributed by atoms with Crippen molar-refractivity contribution < 1.29 is 9.50 Å². The molecule has 1 aliphatic rings. The second-order valence-corrected chi connectivity index (χ2v) is 5.47. The molecular weight excluding hydrogens is 229 g/mol. The molecule has 0 bridgehead atoms.